The van der Waals surface area contributed by atoms with Gasteiger partial charge in [0.25, 0.3) is 0 Å². The molecule has 2 atom stereocenters. The minimum absolute atomic E-state index is 0.295. The van der Waals surface area contributed by atoms with Crippen LogP contribution >= 0.6 is 0 Å². The Morgan fingerprint density at radius 3 is 2.89 bits per heavy atom. The summed E-state index contributed by atoms with van der Waals surface area (Å²) in [6.07, 6.45) is -1.05. The molecule has 1 amide bonds. The van der Waals surface area contributed by atoms with Crippen LogP contribution in [0.5, 0.6) is 5.75 Å². The monoisotopic (exact) mass is 265 g/mol. The van der Waals surface area contributed by atoms with Crippen LogP contribution in [0.2, 0.25) is 0 Å². The first-order valence-corrected chi connectivity index (χ1v) is 6.00. The molecule has 2 rings (SSSR count). The number of rotatable bonds is 4. The summed E-state index contributed by atoms with van der Waals surface area (Å²) in [5.41, 5.74) is 0.788. The zero-order valence-electron chi connectivity index (χ0n) is 10.2. The third kappa shape index (κ3) is 3.03. The van der Waals surface area contributed by atoms with E-state index in [1.165, 1.54) is 0 Å². The number of carboxylic acid groups (broad SMARTS) is 1. The Hall–Kier alpha value is -2.08. The zero-order chi connectivity index (χ0) is 13.8. The molecule has 0 fully saturated rings. The Morgan fingerprint density at radius 1 is 1.42 bits per heavy atom. The van der Waals surface area contributed by atoms with Gasteiger partial charge in [0.1, 0.15) is 5.75 Å². The Labute approximate surface area is 110 Å². The van der Waals surface area contributed by atoms with E-state index < -0.39 is 12.1 Å². The minimum Gasteiger partial charge on any atom is -0.493 e. The van der Waals surface area contributed by atoms with Crippen molar-refractivity contribution in [3.05, 3.63) is 29.8 Å². The van der Waals surface area contributed by atoms with Crippen LogP contribution in [-0.2, 0) is 9.59 Å². The van der Waals surface area contributed by atoms with Gasteiger partial charge >= 0.3 is 5.97 Å². The lowest BCUT2D eigenvalue weighted by atomic mass is 9.92. The van der Waals surface area contributed by atoms with E-state index in [2.05, 4.69) is 5.32 Å². The number of hydrogen-bond acceptors (Lipinski definition) is 4. The Bertz CT molecular complexity index is 488. The first-order chi connectivity index (χ1) is 9.09. The molecule has 0 bridgehead atoms. The van der Waals surface area contributed by atoms with Crippen LogP contribution in [0.15, 0.2) is 24.3 Å². The second-order valence-electron chi connectivity index (χ2n) is 4.33. The van der Waals surface area contributed by atoms with Gasteiger partial charge in [-0.15, -0.1) is 0 Å². The third-order valence-electron chi connectivity index (χ3n) is 3.03. The average Bonchev–Trinajstić information content (AvgIpc) is 2.43. The lowest BCUT2D eigenvalue weighted by Crippen LogP contribution is -2.39. The molecule has 0 saturated heterocycles. The van der Waals surface area contributed by atoms with E-state index in [4.69, 9.17) is 14.9 Å². The summed E-state index contributed by atoms with van der Waals surface area (Å²) in [7, 11) is 0. The normalized spacial score (nSPS) is 18.9. The van der Waals surface area contributed by atoms with E-state index in [-0.39, 0.29) is 18.4 Å². The quantitative estimate of drug-likeness (QED) is 0.718. The first-order valence-electron chi connectivity index (χ1n) is 6.00. The molecule has 0 saturated carbocycles. The van der Waals surface area contributed by atoms with Crippen LogP contribution in [0, 0.1) is 0 Å². The summed E-state index contributed by atoms with van der Waals surface area (Å²) in [6, 6.07) is 7.25. The highest BCUT2D eigenvalue weighted by Crippen LogP contribution is 2.33. The fourth-order valence-corrected chi connectivity index (χ4v) is 2.02. The molecular formula is C13H15NO5. The van der Waals surface area contributed by atoms with Crippen molar-refractivity contribution in [3.63, 3.8) is 0 Å². The zero-order valence-corrected chi connectivity index (χ0v) is 10.2. The molecular weight excluding hydrogens is 250 g/mol. The van der Waals surface area contributed by atoms with E-state index in [1.807, 2.05) is 18.2 Å². The Kier molecular flexibility index (Phi) is 4.01. The van der Waals surface area contributed by atoms with E-state index in [1.54, 1.807) is 6.07 Å². The summed E-state index contributed by atoms with van der Waals surface area (Å²) in [6.45, 7) is 0.143. The van der Waals surface area contributed by atoms with E-state index >= 15 is 0 Å². The fourth-order valence-electron chi connectivity index (χ4n) is 2.02. The van der Waals surface area contributed by atoms with Gasteiger partial charge in [0.2, 0.25) is 5.91 Å². The van der Waals surface area contributed by atoms with Crippen LogP contribution < -0.4 is 10.1 Å². The highest BCUT2D eigenvalue weighted by atomic mass is 16.5. The summed E-state index contributed by atoms with van der Waals surface area (Å²) in [5.74, 6) is -1.35. The predicted octanol–water partition coefficient (Wildman–Crippen LogP) is 0.114. The van der Waals surface area contributed by atoms with E-state index in [0.717, 1.165) is 5.56 Å². The summed E-state index contributed by atoms with van der Waals surface area (Å²) < 4.78 is 5.44. The first kappa shape index (κ1) is 13.4. The molecule has 3 N–H and O–H groups in total. The van der Waals surface area contributed by atoms with Crippen molar-refractivity contribution in [2.24, 2.45) is 0 Å². The maximum atomic E-state index is 12.0. The lowest BCUT2D eigenvalue weighted by molar-refractivity contribution is -0.146. The topological polar surface area (TPSA) is 95.9 Å². The van der Waals surface area contributed by atoms with Crippen molar-refractivity contribution in [2.75, 3.05) is 13.2 Å². The molecule has 1 heterocycles. The van der Waals surface area contributed by atoms with Gasteiger partial charge in [0, 0.05) is 5.56 Å². The maximum absolute atomic E-state index is 12.0. The molecule has 19 heavy (non-hydrogen) atoms. The Morgan fingerprint density at radius 2 is 2.16 bits per heavy atom. The number of carbonyl (C=O) groups excluding carboxylic acids is 1. The molecule has 1 aromatic carbocycles. The number of para-hydroxylation sites is 1. The summed E-state index contributed by atoms with van der Waals surface area (Å²) in [4.78, 5) is 22.5. The van der Waals surface area contributed by atoms with Gasteiger partial charge in [-0.25, -0.2) is 4.79 Å². The number of carboxylic acids is 1. The van der Waals surface area contributed by atoms with Crippen molar-refractivity contribution < 1.29 is 24.5 Å². The lowest BCUT2D eigenvalue weighted by Gasteiger charge is -2.25. The van der Waals surface area contributed by atoms with Gasteiger partial charge in [-0.1, -0.05) is 18.2 Å². The molecule has 2 unspecified atom stereocenters. The number of benzene rings is 1. The number of aliphatic carboxylic acids is 1. The van der Waals surface area contributed by atoms with Crippen molar-refractivity contribution in [1.29, 1.82) is 0 Å². The molecule has 102 valence electrons. The maximum Gasteiger partial charge on any atom is 0.334 e. The SMILES string of the molecule is O=C(O)C(O)CNC(=O)C1CCOc2ccccc21. The molecule has 6 heteroatoms. The third-order valence-corrected chi connectivity index (χ3v) is 3.03. The Balaban J connectivity index is 2.03. The molecule has 0 spiro atoms. The average molecular weight is 265 g/mol. The highest BCUT2D eigenvalue weighted by Gasteiger charge is 2.28. The van der Waals surface area contributed by atoms with Gasteiger partial charge in [0.15, 0.2) is 6.10 Å². The highest BCUT2D eigenvalue weighted by molar-refractivity contribution is 5.85. The number of ether oxygens (including phenoxy) is 1. The second kappa shape index (κ2) is 5.71. The number of nitrogens with one attached hydrogen (secondary N) is 1. The summed E-state index contributed by atoms with van der Waals surface area (Å²) >= 11 is 0. The number of aliphatic hydroxyl groups is 1. The van der Waals surface area contributed by atoms with Gasteiger partial charge in [0.05, 0.1) is 19.1 Å². The molecule has 0 aromatic heterocycles. The van der Waals surface area contributed by atoms with Crippen LogP contribution in [0.3, 0.4) is 0 Å². The molecule has 1 aromatic rings. The smallest absolute Gasteiger partial charge is 0.334 e. The van der Waals surface area contributed by atoms with E-state index in [0.29, 0.717) is 18.8 Å². The largest absolute Gasteiger partial charge is 0.493 e. The van der Waals surface area contributed by atoms with Crippen LogP contribution in [0.1, 0.15) is 17.9 Å². The van der Waals surface area contributed by atoms with E-state index in [9.17, 15) is 9.59 Å². The molecule has 6 nitrogen and oxygen atoms in total. The fraction of sp³-hybridized carbons (Fsp3) is 0.385. The van der Waals surface area contributed by atoms with Crippen molar-refractivity contribution in [1.82, 2.24) is 5.32 Å². The molecule has 0 aliphatic carbocycles. The molecule has 1 aliphatic rings. The van der Waals surface area contributed by atoms with Crippen molar-refractivity contribution in [2.45, 2.75) is 18.4 Å². The predicted molar refractivity (Wildman–Crippen MR) is 65.9 cm³/mol. The number of hydrogen-bond donors (Lipinski definition) is 3. The van der Waals surface area contributed by atoms with Gasteiger partial charge in [-0.2, -0.15) is 0 Å². The van der Waals surface area contributed by atoms with Crippen LogP contribution in [-0.4, -0.2) is 41.3 Å². The standard InChI is InChI=1S/C13H15NO5/c15-10(13(17)18)7-14-12(16)9-5-6-19-11-4-2-1-3-8(9)11/h1-4,9-10,15H,5-7H2,(H,14,16)(H,17,18). The van der Waals surface area contributed by atoms with Gasteiger partial charge < -0.3 is 20.3 Å². The van der Waals surface area contributed by atoms with Crippen molar-refractivity contribution >= 4 is 11.9 Å². The minimum atomic E-state index is -1.58. The number of fused-ring (bicyclic) bond motifs is 1. The van der Waals surface area contributed by atoms with Crippen molar-refractivity contribution in [3.8, 4) is 5.75 Å². The number of amides is 1. The second-order valence-corrected chi connectivity index (χ2v) is 4.33. The van der Waals surface area contributed by atoms with Gasteiger partial charge in [-0.3, -0.25) is 4.79 Å². The number of aliphatic hydroxyl groups excluding tert-OH is 1. The van der Waals surface area contributed by atoms with Crippen LogP contribution in [0.4, 0.5) is 0 Å². The number of carbonyl (C=O) groups is 2. The van der Waals surface area contributed by atoms with Crippen LogP contribution in [0.25, 0.3) is 0 Å². The van der Waals surface area contributed by atoms with Gasteiger partial charge in [-0.05, 0) is 12.5 Å². The molecule has 0 radical (unpaired) electrons. The molecule has 1 aliphatic heterocycles. The summed E-state index contributed by atoms with van der Waals surface area (Å²) in [5, 5.41) is 20.1.